The molecule has 0 saturated carbocycles. The Balaban J connectivity index is 1.42. The molecule has 5 rings (SSSR count). The second-order valence-electron chi connectivity index (χ2n) is 6.75. The number of nitrogens with one attached hydrogen (secondary N) is 1. The normalized spacial score (nSPS) is 12.0. The summed E-state index contributed by atoms with van der Waals surface area (Å²) in [5.74, 6) is 0.550. The summed E-state index contributed by atoms with van der Waals surface area (Å²) < 4.78 is 6.94. The molecule has 0 aliphatic heterocycles. The Morgan fingerprint density at radius 3 is 2.40 bits per heavy atom. The lowest BCUT2D eigenvalue weighted by Gasteiger charge is -2.19. The van der Waals surface area contributed by atoms with Crippen molar-refractivity contribution in [2.75, 3.05) is 0 Å². The van der Waals surface area contributed by atoms with E-state index in [0.29, 0.717) is 5.76 Å². The van der Waals surface area contributed by atoms with E-state index < -0.39 is 0 Å². The fourth-order valence-corrected chi connectivity index (χ4v) is 4.24. The first-order chi connectivity index (χ1) is 14.8. The van der Waals surface area contributed by atoms with Gasteiger partial charge in [-0.2, -0.15) is 0 Å². The number of rotatable bonds is 5. The van der Waals surface area contributed by atoms with Gasteiger partial charge in [-0.15, -0.1) is 11.3 Å². The summed E-state index contributed by atoms with van der Waals surface area (Å²) >= 11 is 1.54. The predicted octanol–water partition coefficient (Wildman–Crippen LogP) is 5.47. The lowest BCUT2D eigenvalue weighted by molar-refractivity contribution is 0.0916. The number of furan rings is 1. The molecule has 3 aromatic heterocycles. The number of carbonyl (C=O) groups excluding carboxylic acids is 1. The van der Waals surface area contributed by atoms with E-state index in [2.05, 4.69) is 15.3 Å². The number of thiazole rings is 1. The van der Waals surface area contributed by atoms with Crippen LogP contribution in [0.5, 0.6) is 0 Å². The van der Waals surface area contributed by atoms with Gasteiger partial charge in [-0.25, -0.2) is 4.98 Å². The number of aromatic nitrogens is 2. The van der Waals surface area contributed by atoms with Crippen molar-refractivity contribution in [3.05, 3.63) is 108 Å². The maximum absolute atomic E-state index is 13.0. The molecule has 3 heterocycles. The third kappa shape index (κ3) is 3.60. The van der Waals surface area contributed by atoms with Crippen molar-refractivity contribution in [1.82, 2.24) is 15.3 Å². The maximum atomic E-state index is 13.0. The Bertz CT molecular complexity index is 1220. The van der Waals surface area contributed by atoms with Crippen LogP contribution in [0.25, 0.3) is 21.0 Å². The first-order valence-electron chi connectivity index (χ1n) is 9.49. The summed E-state index contributed by atoms with van der Waals surface area (Å²) in [6.45, 7) is 0. The van der Waals surface area contributed by atoms with E-state index in [1.807, 2.05) is 66.7 Å². The van der Waals surface area contributed by atoms with Crippen molar-refractivity contribution in [3.63, 3.8) is 0 Å². The Hall–Kier alpha value is -3.77. The molecule has 1 N–H and O–H groups in total. The van der Waals surface area contributed by atoms with E-state index >= 15 is 0 Å². The van der Waals surface area contributed by atoms with Crippen molar-refractivity contribution in [2.24, 2.45) is 0 Å². The number of benzene rings is 2. The van der Waals surface area contributed by atoms with Gasteiger partial charge in [-0.05, 0) is 47.5 Å². The van der Waals surface area contributed by atoms with E-state index in [1.165, 1.54) is 11.3 Å². The van der Waals surface area contributed by atoms with E-state index in [9.17, 15) is 4.79 Å². The monoisotopic (exact) mass is 411 g/mol. The van der Waals surface area contributed by atoms with E-state index in [4.69, 9.17) is 4.42 Å². The van der Waals surface area contributed by atoms with Gasteiger partial charge < -0.3 is 9.73 Å². The molecular formula is C24H17N3O2S. The number of pyridine rings is 1. The first kappa shape index (κ1) is 18.3. The molecule has 0 aliphatic rings. The molecule has 0 spiro atoms. The summed E-state index contributed by atoms with van der Waals surface area (Å²) in [6.07, 6.45) is 3.44. The summed E-state index contributed by atoms with van der Waals surface area (Å²) in [4.78, 5) is 21.7. The highest BCUT2D eigenvalue weighted by Crippen LogP contribution is 2.31. The highest BCUT2D eigenvalue weighted by molar-refractivity contribution is 7.21. The minimum atomic E-state index is -0.308. The van der Waals surface area contributed by atoms with Gasteiger partial charge in [0.05, 0.1) is 16.3 Å². The second kappa shape index (κ2) is 7.93. The lowest BCUT2D eigenvalue weighted by atomic mass is 9.99. The van der Waals surface area contributed by atoms with Crippen molar-refractivity contribution in [3.8, 4) is 10.8 Å². The van der Waals surface area contributed by atoms with Crippen LogP contribution >= 0.6 is 11.3 Å². The van der Waals surface area contributed by atoms with Crippen LogP contribution < -0.4 is 5.32 Å². The fourth-order valence-electron chi connectivity index (χ4n) is 3.32. The molecule has 1 unspecified atom stereocenters. The van der Waals surface area contributed by atoms with Crippen molar-refractivity contribution in [1.29, 1.82) is 0 Å². The van der Waals surface area contributed by atoms with Gasteiger partial charge in [0.15, 0.2) is 16.5 Å². The Morgan fingerprint density at radius 1 is 0.867 bits per heavy atom. The SMILES string of the molecule is O=C(NC(c1ccccc1)c1ccncc1)c1ccc(-c2nc3ccccc3s2)o1. The number of carbonyl (C=O) groups is 1. The highest BCUT2D eigenvalue weighted by atomic mass is 32.1. The molecule has 0 radical (unpaired) electrons. The largest absolute Gasteiger partial charge is 0.448 e. The van der Waals surface area contributed by atoms with Crippen LogP contribution in [-0.4, -0.2) is 15.9 Å². The molecular weight excluding hydrogens is 394 g/mol. The number of fused-ring (bicyclic) bond motifs is 1. The molecule has 6 heteroatoms. The molecule has 0 aliphatic carbocycles. The lowest BCUT2D eigenvalue weighted by Crippen LogP contribution is -2.29. The number of hydrogen-bond acceptors (Lipinski definition) is 5. The van der Waals surface area contributed by atoms with Crippen LogP contribution in [0, 0.1) is 0 Å². The fraction of sp³-hybridized carbons (Fsp3) is 0.0417. The minimum Gasteiger partial charge on any atom is -0.448 e. The molecule has 2 aromatic carbocycles. The molecule has 0 fully saturated rings. The minimum absolute atomic E-state index is 0.249. The van der Waals surface area contributed by atoms with Gasteiger partial charge in [0, 0.05) is 12.4 Å². The van der Waals surface area contributed by atoms with Crippen molar-refractivity contribution < 1.29 is 9.21 Å². The molecule has 146 valence electrons. The Morgan fingerprint density at radius 2 is 1.60 bits per heavy atom. The van der Waals surface area contributed by atoms with E-state index in [1.54, 1.807) is 24.5 Å². The van der Waals surface area contributed by atoms with Gasteiger partial charge >= 0.3 is 0 Å². The maximum Gasteiger partial charge on any atom is 0.287 e. The van der Waals surface area contributed by atoms with Crippen LogP contribution in [0.2, 0.25) is 0 Å². The molecule has 30 heavy (non-hydrogen) atoms. The second-order valence-corrected chi connectivity index (χ2v) is 7.78. The topological polar surface area (TPSA) is 68.0 Å². The van der Waals surface area contributed by atoms with Gasteiger partial charge in [0.1, 0.15) is 0 Å². The average molecular weight is 411 g/mol. The summed E-state index contributed by atoms with van der Waals surface area (Å²) in [6, 6.07) is 24.7. The van der Waals surface area contributed by atoms with Crippen LogP contribution in [-0.2, 0) is 0 Å². The van der Waals surface area contributed by atoms with E-state index in [0.717, 1.165) is 26.4 Å². The van der Waals surface area contributed by atoms with Crippen LogP contribution in [0.4, 0.5) is 0 Å². The smallest absolute Gasteiger partial charge is 0.287 e. The summed E-state index contributed by atoms with van der Waals surface area (Å²) in [5, 5.41) is 3.83. The van der Waals surface area contributed by atoms with E-state index in [-0.39, 0.29) is 17.7 Å². The average Bonchev–Trinajstić information content (AvgIpc) is 3.46. The van der Waals surface area contributed by atoms with Crippen molar-refractivity contribution in [2.45, 2.75) is 6.04 Å². The molecule has 0 saturated heterocycles. The zero-order valence-electron chi connectivity index (χ0n) is 15.9. The van der Waals surface area contributed by atoms with Gasteiger partial charge in [-0.3, -0.25) is 9.78 Å². The molecule has 0 bridgehead atoms. The van der Waals surface area contributed by atoms with Gasteiger partial charge in [0.25, 0.3) is 5.91 Å². The Kier molecular flexibility index (Phi) is 4.83. The number of para-hydroxylation sites is 1. The van der Waals surface area contributed by atoms with Gasteiger partial charge in [0.2, 0.25) is 0 Å². The van der Waals surface area contributed by atoms with Gasteiger partial charge in [-0.1, -0.05) is 42.5 Å². The molecule has 5 nitrogen and oxygen atoms in total. The van der Waals surface area contributed by atoms with Crippen LogP contribution in [0.3, 0.4) is 0 Å². The highest BCUT2D eigenvalue weighted by Gasteiger charge is 2.21. The molecule has 5 aromatic rings. The number of amides is 1. The third-order valence-electron chi connectivity index (χ3n) is 4.78. The summed E-state index contributed by atoms with van der Waals surface area (Å²) in [5.41, 5.74) is 2.85. The summed E-state index contributed by atoms with van der Waals surface area (Å²) in [7, 11) is 0. The number of nitrogens with zero attached hydrogens (tertiary/aromatic N) is 2. The Labute approximate surface area is 177 Å². The zero-order valence-corrected chi connectivity index (χ0v) is 16.7. The molecule has 1 amide bonds. The standard InChI is InChI=1S/C24H17N3O2S/c28-23(27-22(16-6-2-1-3-7-16)17-12-14-25-15-13-17)19-10-11-20(29-19)24-26-18-8-4-5-9-21(18)30-24/h1-15,22H,(H,27,28). The van der Waals surface area contributed by atoms with Crippen molar-refractivity contribution >= 4 is 27.5 Å². The first-order valence-corrected chi connectivity index (χ1v) is 10.3. The predicted molar refractivity (Wildman–Crippen MR) is 117 cm³/mol. The van der Waals surface area contributed by atoms with Crippen LogP contribution in [0.1, 0.15) is 27.7 Å². The van der Waals surface area contributed by atoms with Crippen LogP contribution in [0.15, 0.2) is 95.7 Å². The number of hydrogen-bond donors (Lipinski definition) is 1. The zero-order chi connectivity index (χ0) is 20.3. The third-order valence-corrected chi connectivity index (χ3v) is 5.83. The molecule has 1 atom stereocenters. The quantitative estimate of drug-likeness (QED) is 0.416.